The number of anilines is 1. The molecule has 2 heterocycles. The summed E-state index contributed by atoms with van der Waals surface area (Å²) in [5.41, 5.74) is 3.69. The van der Waals surface area contributed by atoms with Crippen molar-refractivity contribution in [2.24, 2.45) is 5.41 Å². The third-order valence-corrected chi connectivity index (χ3v) is 8.62. The van der Waals surface area contributed by atoms with Crippen LogP contribution in [0.25, 0.3) is 11.1 Å². The van der Waals surface area contributed by atoms with Crippen molar-refractivity contribution >= 4 is 15.7 Å². The molecule has 2 saturated heterocycles. The van der Waals surface area contributed by atoms with Crippen molar-refractivity contribution in [3.8, 4) is 11.1 Å². The lowest BCUT2D eigenvalue weighted by molar-refractivity contribution is 0.168. The molecule has 4 nitrogen and oxygen atoms in total. The van der Waals surface area contributed by atoms with E-state index in [9.17, 15) is 8.42 Å². The molecule has 0 unspecified atom stereocenters. The van der Waals surface area contributed by atoms with Crippen LogP contribution >= 0.6 is 0 Å². The zero-order chi connectivity index (χ0) is 21.3. The number of hydrogen-bond acceptors (Lipinski definition) is 3. The zero-order valence-corrected chi connectivity index (χ0v) is 18.5. The Morgan fingerprint density at radius 3 is 2.19 bits per heavy atom. The van der Waals surface area contributed by atoms with Gasteiger partial charge in [-0.05, 0) is 54.7 Å². The summed E-state index contributed by atoms with van der Waals surface area (Å²) in [4.78, 5) is 2.84. The maximum Gasteiger partial charge on any atom is 0.243 e. The van der Waals surface area contributed by atoms with Crippen LogP contribution in [0, 0.1) is 5.41 Å². The number of sulfonamides is 1. The molecule has 0 N–H and O–H groups in total. The fourth-order valence-electron chi connectivity index (χ4n) is 5.11. The summed E-state index contributed by atoms with van der Waals surface area (Å²) in [7, 11) is -3.44. The van der Waals surface area contributed by atoms with Crippen LogP contribution in [-0.4, -0.2) is 38.9 Å². The first-order valence-corrected chi connectivity index (χ1v) is 12.5. The molecule has 0 aliphatic carbocycles. The van der Waals surface area contributed by atoms with E-state index in [2.05, 4.69) is 53.4 Å². The van der Waals surface area contributed by atoms with Crippen LogP contribution in [-0.2, 0) is 10.0 Å². The zero-order valence-electron chi connectivity index (χ0n) is 17.7. The van der Waals surface area contributed by atoms with Gasteiger partial charge in [0.2, 0.25) is 10.0 Å². The van der Waals surface area contributed by atoms with Crippen LogP contribution in [0.15, 0.2) is 89.8 Å². The standard InChI is InChI=1S/C26H28N2O2S/c29-31(30,25-13-5-2-6-14-25)28-17-8-15-26(21-28)16-18-27(20-26)24-12-7-11-23(19-24)22-9-3-1-4-10-22/h1-7,9-14,19H,8,15-18,20-21H2/t26-/m0/s1. The molecule has 160 valence electrons. The molecular formula is C26H28N2O2S. The molecule has 3 aromatic rings. The smallest absolute Gasteiger partial charge is 0.243 e. The molecule has 3 aromatic carbocycles. The van der Waals surface area contributed by atoms with Gasteiger partial charge in [0.15, 0.2) is 0 Å². The van der Waals surface area contributed by atoms with Gasteiger partial charge in [-0.3, -0.25) is 0 Å². The second kappa shape index (κ2) is 8.13. The highest BCUT2D eigenvalue weighted by atomic mass is 32.2. The van der Waals surface area contributed by atoms with E-state index in [0.717, 1.165) is 32.4 Å². The number of nitrogens with zero attached hydrogens (tertiary/aromatic N) is 2. The van der Waals surface area contributed by atoms with Gasteiger partial charge in [0.05, 0.1) is 4.90 Å². The van der Waals surface area contributed by atoms with Gasteiger partial charge in [0, 0.05) is 37.3 Å². The second-order valence-corrected chi connectivity index (χ2v) is 10.8. The molecule has 31 heavy (non-hydrogen) atoms. The quantitative estimate of drug-likeness (QED) is 0.580. The Labute approximate surface area is 185 Å². The molecule has 2 aliphatic heterocycles. The maximum atomic E-state index is 13.2. The lowest BCUT2D eigenvalue weighted by Crippen LogP contribution is -2.47. The van der Waals surface area contributed by atoms with Crippen LogP contribution in [0.2, 0.25) is 0 Å². The Morgan fingerprint density at radius 1 is 0.710 bits per heavy atom. The van der Waals surface area contributed by atoms with E-state index < -0.39 is 10.0 Å². The van der Waals surface area contributed by atoms with Crippen molar-refractivity contribution in [1.82, 2.24) is 4.31 Å². The summed E-state index contributed by atoms with van der Waals surface area (Å²) < 4.78 is 28.1. The summed E-state index contributed by atoms with van der Waals surface area (Å²) in [6.45, 7) is 3.10. The molecule has 2 fully saturated rings. The molecule has 0 amide bonds. The highest BCUT2D eigenvalue weighted by molar-refractivity contribution is 7.89. The van der Waals surface area contributed by atoms with E-state index in [-0.39, 0.29) is 5.41 Å². The molecule has 1 atom stereocenters. The average Bonchev–Trinajstić information content (AvgIpc) is 3.23. The SMILES string of the molecule is O=S(=O)(c1ccccc1)N1CCC[C@@]2(CCN(c3cccc(-c4ccccc4)c3)C2)C1. The van der Waals surface area contributed by atoms with Crippen molar-refractivity contribution in [2.75, 3.05) is 31.1 Å². The molecule has 0 radical (unpaired) electrons. The summed E-state index contributed by atoms with van der Waals surface area (Å²) in [6.07, 6.45) is 3.04. The van der Waals surface area contributed by atoms with E-state index in [4.69, 9.17) is 0 Å². The van der Waals surface area contributed by atoms with E-state index in [1.165, 1.54) is 16.8 Å². The van der Waals surface area contributed by atoms with Crippen LogP contribution in [0.1, 0.15) is 19.3 Å². The molecule has 5 rings (SSSR count). The minimum absolute atomic E-state index is 0.0306. The highest BCUT2D eigenvalue weighted by Gasteiger charge is 2.44. The van der Waals surface area contributed by atoms with Crippen molar-refractivity contribution in [2.45, 2.75) is 24.2 Å². The molecule has 5 heteroatoms. The van der Waals surface area contributed by atoms with Crippen molar-refractivity contribution in [1.29, 1.82) is 0 Å². The number of hydrogen-bond donors (Lipinski definition) is 0. The Morgan fingerprint density at radius 2 is 1.42 bits per heavy atom. The summed E-state index contributed by atoms with van der Waals surface area (Å²) in [6, 6.07) is 28.0. The molecule has 0 aromatic heterocycles. The van der Waals surface area contributed by atoms with E-state index >= 15 is 0 Å². The van der Waals surface area contributed by atoms with Gasteiger partial charge in [-0.2, -0.15) is 4.31 Å². The van der Waals surface area contributed by atoms with E-state index in [1.54, 1.807) is 28.6 Å². The Kier molecular flexibility index (Phi) is 5.32. The molecule has 2 aliphatic rings. The van der Waals surface area contributed by atoms with Crippen LogP contribution in [0.4, 0.5) is 5.69 Å². The molecule has 0 bridgehead atoms. The Bertz CT molecular complexity index is 1150. The first-order valence-electron chi connectivity index (χ1n) is 11.0. The third kappa shape index (κ3) is 4.00. The highest BCUT2D eigenvalue weighted by Crippen LogP contribution is 2.42. The topological polar surface area (TPSA) is 40.6 Å². The van der Waals surface area contributed by atoms with Gasteiger partial charge in [-0.1, -0.05) is 60.7 Å². The number of piperidine rings is 1. The fraction of sp³-hybridized carbons (Fsp3) is 0.308. The minimum atomic E-state index is -3.44. The van der Waals surface area contributed by atoms with E-state index in [1.807, 2.05) is 12.1 Å². The van der Waals surface area contributed by atoms with E-state index in [0.29, 0.717) is 18.0 Å². The van der Waals surface area contributed by atoms with Gasteiger partial charge < -0.3 is 4.90 Å². The third-order valence-electron chi connectivity index (χ3n) is 6.76. The lowest BCUT2D eigenvalue weighted by atomic mass is 9.80. The summed E-state index contributed by atoms with van der Waals surface area (Å²) >= 11 is 0. The number of rotatable bonds is 4. The van der Waals surface area contributed by atoms with Crippen molar-refractivity contribution in [3.05, 3.63) is 84.9 Å². The summed E-state index contributed by atoms with van der Waals surface area (Å²) in [5, 5.41) is 0. The van der Waals surface area contributed by atoms with Crippen LogP contribution in [0.5, 0.6) is 0 Å². The van der Waals surface area contributed by atoms with Crippen LogP contribution in [0.3, 0.4) is 0 Å². The van der Waals surface area contributed by atoms with Gasteiger partial charge in [0.1, 0.15) is 0 Å². The Hall–Kier alpha value is -2.63. The largest absolute Gasteiger partial charge is 0.371 e. The molecule has 0 saturated carbocycles. The second-order valence-electron chi connectivity index (χ2n) is 8.84. The predicted octanol–water partition coefficient (Wildman–Crippen LogP) is 5.03. The molecule has 1 spiro atoms. The van der Waals surface area contributed by atoms with Gasteiger partial charge in [0.25, 0.3) is 0 Å². The van der Waals surface area contributed by atoms with Crippen molar-refractivity contribution < 1.29 is 8.42 Å². The minimum Gasteiger partial charge on any atom is -0.371 e. The van der Waals surface area contributed by atoms with Crippen molar-refractivity contribution in [3.63, 3.8) is 0 Å². The fourth-order valence-corrected chi connectivity index (χ4v) is 6.72. The normalized spacial score (nSPS) is 22.1. The van der Waals surface area contributed by atoms with Gasteiger partial charge in [-0.15, -0.1) is 0 Å². The lowest BCUT2D eigenvalue weighted by Gasteiger charge is -2.39. The first-order chi connectivity index (χ1) is 15.1. The predicted molar refractivity (Wildman–Crippen MR) is 126 cm³/mol. The maximum absolute atomic E-state index is 13.2. The first kappa shape index (κ1) is 20.3. The number of benzene rings is 3. The summed E-state index contributed by atoms with van der Waals surface area (Å²) in [5.74, 6) is 0. The molecular weight excluding hydrogens is 404 g/mol. The Balaban J connectivity index is 1.35. The van der Waals surface area contributed by atoms with Crippen LogP contribution < -0.4 is 4.90 Å². The van der Waals surface area contributed by atoms with Gasteiger partial charge >= 0.3 is 0 Å². The van der Waals surface area contributed by atoms with Gasteiger partial charge in [-0.25, -0.2) is 8.42 Å². The monoisotopic (exact) mass is 432 g/mol. The average molecular weight is 433 g/mol.